The zero-order chi connectivity index (χ0) is 12.7. The normalized spacial score (nSPS) is 18.9. The standard InChI is InChI=1S/C12H23N3O2.ClH/c1-9(2)11(16)14-6-7-15-12(17)10-4-3-5-13-8-10;/h9-10,13H,3-8H2,1-2H3,(H,14,16)(H,15,17);1H. The fourth-order valence-electron chi connectivity index (χ4n) is 1.80. The quantitative estimate of drug-likeness (QED) is 0.633. The number of amides is 2. The number of nitrogens with one attached hydrogen (secondary N) is 3. The van der Waals surface area contributed by atoms with Crippen LogP contribution in [0.15, 0.2) is 0 Å². The van der Waals surface area contributed by atoms with Gasteiger partial charge in [-0.1, -0.05) is 13.8 Å². The van der Waals surface area contributed by atoms with E-state index in [1.54, 1.807) is 0 Å². The Balaban J connectivity index is 0.00000289. The van der Waals surface area contributed by atoms with E-state index in [-0.39, 0.29) is 36.1 Å². The van der Waals surface area contributed by atoms with Crippen LogP contribution in [0.1, 0.15) is 26.7 Å². The molecule has 3 N–H and O–H groups in total. The predicted octanol–water partition coefficient (Wildman–Crippen LogP) is 0.296. The van der Waals surface area contributed by atoms with Gasteiger partial charge >= 0.3 is 0 Å². The molecule has 0 bridgehead atoms. The molecule has 0 saturated carbocycles. The van der Waals surface area contributed by atoms with E-state index >= 15 is 0 Å². The van der Waals surface area contributed by atoms with Crippen LogP contribution in [0, 0.1) is 11.8 Å². The van der Waals surface area contributed by atoms with Crippen LogP contribution in [0.2, 0.25) is 0 Å². The minimum Gasteiger partial charge on any atom is -0.354 e. The number of rotatable bonds is 5. The van der Waals surface area contributed by atoms with Crippen molar-refractivity contribution in [3.63, 3.8) is 0 Å². The van der Waals surface area contributed by atoms with Crippen molar-refractivity contribution in [2.24, 2.45) is 11.8 Å². The van der Waals surface area contributed by atoms with Crippen LogP contribution in [0.25, 0.3) is 0 Å². The zero-order valence-corrected chi connectivity index (χ0v) is 11.9. The first-order valence-electron chi connectivity index (χ1n) is 6.37. The van der Waals surface area contributed by atoms with Gasteiger partial charge in [0, 0.05) is 25.6 Å². The van der Waals surface area contributed by atoms with Gasteiger partial charge < -0.3 is 16.0 Å². The number of hydrogen-bond donors (Lipinski definition) is 3. The molecule has 5 nitrogen and oxygen atoms in total. The molecule has 0 spiro atoms. The first-order chi connectivity index (χ1) is 8.11. The molecule has 18 heavy (non-hydrogen) atoms. The van der Waals surface area contributed by atoms with E-state index in [0.717, 1.165) is 25.9 Å². The smallest absolute Gasteiger partial charge is 0.224 e. The van der Waals surface area contributed by atoms with E-state index < -0.39 is 0 Å². The molecule has 0 aromatic rings. The Hall–Kier alpha value is -0.810. The summed E-state index contributed by atoms with van der Waals surface area (Å²) in [4.78, 5) is 23.0. The van der Waals surface area contributed by atoms with Crippen molar-refractivity contribution in [1.82, 2.24) is 16.0 Å². The number of halogens is 1. The second-order valence-corrected chi connectivity index (χ2v) is 4.78. The number of hydrogen-bond acceptors (Lipinski definition) is 3. The lowest BCUT2D eigenvalue weighted by Crippen LogP contribution is -2.43. The van der Waals surface area contributed by atoms with Gasteiger partial charge in [-0.05, 0) is 19.4 Å². The van der Waals surface area contributed by atoms with Gasteiger partial charge in [0.2, 0.25) is 11.8 Å². The molecule has 1 saturated heterocycles. The maximum atomic E-state index is 11.7. The molecular formula is C12H24ClN3O2. The van der Waals surface area contributed by atoms with Crippen LogP contribution in [0.3, 0.4) is 0 Å². The molecule has 0 aromatic heterocycles. The van der Waals surface area contributed by atoms with Crippen LogP contribution < -0.4 is 16.0 Å². The SMILES string of the molecule is CC(C)C(=O)NCCNC(=O)C1CCCNC1.Cl. The third-order valence-electron chi connectivity index (χ3n) is 2.92. The number of piperidine rings is 1. The lowest BCUT2D eigenvalue weighted by atomic mass is 9.99. The van der Waals surface area contributed by atoms with E-state index in [2.05, 4.69) is 16.0 Å². The van der Waals surface area contributed by atoms with Gasteiger partial charge in [-0.2, -0.15) is 0 Å². The Labute approximate surface area is 115 Å². The highest BCUT2D eigenvalue weighted by Crippen LogP contribution is 2.09. The molecular weight excluding hydrogens is 254 g/mol. The molecule has 106 valence electrons. The lowest BCUT2D eigenvalue weighted by molar-refractivity contribution is -0.126. The van der Waals surface area contributed by atoms with Crippen LogP contribution in [-0.2, 0) is 9.59 Å². The first-order valence-corrected chi connectivity index (χ1v) is 6.37. The van der Waals surface area contributed by atoms with E-state index in [4.69, 9.17) is 0 Å². The van der Waals surface area contributed by atoms with E-state index in [0.29, 0.717) is 13.1 Å². The van der Waals surface area contributed by atoms with Crippen molar-refractivity contribution >= 4 is 24.2 Å². The van der Waals surface area contributed by atoms with Gasteiger partial charge in [0.15, 0.2) is 0 Å². The van der Waals surface area contributed by atoms with Gasteiger partial charge in [-0.25, -0.2) is 0 Å². The minimum atomic E-state index is -0.00625. The van der Waals surface area contributed by atoms with Gasteiger partial charge in [0.25, 0.3) is 0 Å². The van der Waals surface area contributed by atoms with Gasteiger partial charge in [0.05, 0.1) is 5.92 Å². The third-order valence-corrected chi connectivity index (χ3v) is 2.92. The van der Waals surface area contributed by atoms with Gasteiger partial charge in [0.1, 0.15) is 0 Å². The maximum Gasteiger partial charge on any atom is 0.224 e. The first kappa shape index (κ1) is 17.2. The summed E-state index contributed by atoms with van der Waals surface area (Å²) >= 11 is 0. The zero-order valence-electron chi connectivity index (χ0n) is 11.1. The average Bonchev–Trinajstić information content (AvgIpc) is 2.35. The summed E-state index contributed by atoms with van der Waals surface area (Å²) in [5, 5.41) is 8.83. The minimum absolute atomic E-state index is 0. The predicted molar refractivity (Wildman–Crippen MR) is 73.7 cm³/mol. The average molecular weight is 278 g/mol. The molecule has 1 unspecified atom stereocenters. The van der Waals surface area contributed by atoms with Crippen LogP contribution in [0.5, 0.6) is 0 Å². The van der Waals surface area contributed by atoms with Gasteiger partial charge in [-0.15, -0.1) is 12.4 Å². The van der Waals surface area contributed by atoms with Crippen molar-refractivity contribution < 1.29 is 9.59 Å². The molecule has 1 rings (SSSR count). The summed E-state index contributed by atoms with van der Waals surface area (Å²) in [6, 6.07) is 0. The highest BCUT2D eigenvalue weighted by atomic mass is 35.5. The van der Waals surface area contributed by atoms with E-state index in [9.17, 15) is 9.59 Å². The Morgan fingerprint density at radius 1 is 1.28 bits per heavy atom. The summed E-state index contributed by atoms with van der Waals surface area (Å²) in [5.41, 5.74) is 0. The number of carbonyl (C=O) groups excluding carboxylic acids is 2. The monoisotopic (exact) mass is 277 g/mol. The van der Waals surface area contributed by atoms with Crippen molar-refractivity contribution in [1.29, 1.82) is 0 Å². The third kappa shape index (κ3) is 6.21. The second-order valence-electron chi connectivity index (χ2n) is 4.78. The Bertz CT molecular complexity index is 266. The Kier molecular flexibility index (Phi) is 8.75. The largest absolute Gasteiger partial charge is 0.354 e. The van der Waals surface area contributed by atoms with Crippen molar-refractivity contribution in [2.75, 3.05) is 26.2 Å². The molecule has 2 amide bonds. The molecule has 6 heteroatoms. The van der Waals surface area contributed by atoms with Crippen molar-refractivity contribution in [2.45, 2.75) is 26.7 Å². The van der Waals surface area contributed by atoms with E-state index in [1.807, 2.05) is 13.8 Å². The molecule has 0 aromatic carbocycles. The Morgan fingerprint density at radius 3 is 2.50 bits per heavy atom. The fourth-order valence-corrected chi connectivity index (χ4v) is 1.80. The molecule has 0 aliphatic carbocycles. The topological polar surface area (TPSA) is 70.2 Å². The van der Waals surface area contributed by atoms with Crippen molar-refractivity contribution in [3.8, 4) is 0 Å². The second kappa shape index (κ2) is 9.16. The lowest BCUT2D eigenvalue weighted by Gasteiger charge is -2.21. The molecule has 1 aliphatic heterocycles. The molecule has 1 heterocycles. The van der Waals surface area contributed by atoms with Gasteiger partial charge in [-0.3, -0.25) is 9.59 Å². The van der Waals surface area contributed by atoms with E-state index in [1.165, 1.54) is 0 Å². The molecule has 1 fully saturated rings. The highest BCUT2D eigenvalue weighted by molar-refractivity contribution is 5.85. The summed E-state index contributed by atoms with van der Waals surface area (Å²) < 4.78 is 0. The fraction of sp³-hybridized carbons (Fsp3) is 0.833. The van der Waals surface area contributed by atoms with Crippen LogP contribution >= 0.6 is 12.4 Å². The molecule has 0 radical (unpaired) electrons. The highest BCUT2D eigenvalue weighted by Gasteiger charge is 2.20. The summed E-state index contributed by atoms with van der Waals surface area (Å²) in [6.07, 6.45) is 2.01. The molecule has 1 aliphatic rings. The number of carbonyl (C=O) groups is 2. The molecule has 1 atom stereocenters. The summed E-state index contributed by atoms with van der Waals surface area (Å²) in [6.45, 7) is 6.48. The summed E-state index contributed by atoms with van der Waals surface area (Å²) in [7, 11) is 0. The van der Waals surface area contributed by atoms with Crippen LogP contribution in [0.4, 0.5) is 0 Å². The Morgan fingerprint density at radius 2 is 1.94 bits per heavy atom. The van der Waals surface area contributed by atoms with Crippen LogP contribution in [-0.4, -0.2) is 38.0 Å². The summed E-state index contributed by atoms with van der Waals surface area (Å²) in [5.74, 6) is 0.201. The maximum absolute atomic E-state index is 11.7. The van der Waals surface area contributed by atoms with Crippen molar-refractivity contribution in [3.05, 3.63) is 0 Å².